The molecule has 0 saturated carbocycles. The Labute approximate surface area is 157 Å². The minimum atomic E-state index is -0.000245. The molecule has 7 nitrogen and oxygen atoms in total. The van der Waals surface area contributed by atoms with Crippen LogP contribution in [0, 0.1) is 0 Å². The second kappa shape index (κ2) is 8.09. The lowest BCUT2D eigenvalue weighted by Crippen LogP contribution is -2.43. The first-order valence-electron chi connectivity index (χ1n) is 9.05. The van der Waals surface area contributed by atoms with Crippen molar-refractivity contribution in [2.75, 3.05) is 13.1 Å². The Morgan fingerprint density at radius 1 is 1.15 bits per heavy atom. The lowest BCUT2D eigenvalue weighted by Gasteiger charge is -2.32. The van der Waals surface area contributed by atoms with Gasteiger partial charge >= 0.3 is 0 Å². The third kappa shape index (κ3) is 4.20. The van der Waals surface area contributed by atoms with Crippen LogP contribution in [0.4, 0.5) is 0 Å². The van der Waals surface area contributed by atoms with Crippen molar-refractivity contribution in [1.82, 2.24) is 24.6 Å². The van der Waals surface area contributed by atoms with E-state index in [0.29, 0.717) is 24.5 Å². The Kier molecular flexibility index (Phi) is 5.20. The Hall–Kier alpha value is -3.06. The molecule has 1 aromatic carbocycles. The molecule has 27 heavy (non-hydrogen) atoms. The van der Waals surface area contributed by atoms with Crippen molar-refractivity contribution in [2.45, 2.75) is 25.6 Å². The van der Waals surface area contributed by atoms with Crippen molar-refractivity contribution in [1.29, 1.82) is 0 Å². The number of benzene rings is 1. The summed E-state index contributed by atoms with van der Waals surface area (Å²) in [6.45, 7) is 1.92. The van der Waals surface area contributed by atoms with E-state index in [4.69, 9.17) is 4.74 Å². The summed E-state index contributed by atoms with van der Waals surface area (Å²) in [5.41, 5.74) is 1.76. The third-order valence-corrected chi connectivity index (χ3v) is 4.67. The van der Waals surface area contributed by atoms with E-state index in [1.807, 2.05) is 23.1 Å². The van der Waals surface area contributed by atoms with Crippen LogP contribution in [0.1, 0.15) is 28.8 Å². The van der Waals surface area contributed by atoms with E-state index < -0.39 is 0 Å². The smallest absolute Gasteiger partial charge is 0.254 e. The van der Waals surface area contributed by atoms with Crippen molar-refractivity contribution in [3.8, 4) is 5.82 Å². The van der Waals surface area contributed by atoms with Gasteiger partial charge in [-0.2, -0.15) is 0 Å². The SMILES string of the molecule is O=C(c1ccnc(-n2cnnc2)c1)N1CCC[C@@H](OCc2ccccc2)C1. The van der Waals surface area contributed by atoms with Gasteiger partial charge in [0.2, 0.25) is 0 Å². The number of carbonyl (C=O) groups excluding carboxylic acids is 1. The van der Waals surface area contributed by atoms with Crippen molar-refractivity contribution in [2.24, 2.45) is 0 Å². The summed E-state index contributed by atoms with van der Waals surface area (Å²) in [6.07, 6.45) is 6.72. The zero-order valence-corrected chi connectivity index (χ0v) is 14.9. The fourth-order valence-corrected chi connectivity index (χ4v) is 3.24. The minimum Gasteiger partial charge on any atom is -0.372 e. The number of nitrogens with zero attached hydrogens (tertiary/aromatic N) is 5. The normalized spacial score (nSPS) is 17.0. The number of likely N-dealkylation sites (tertiary alicyclic amines) is 1. The highest BCUT2D eigenvalue weighted by Crippen LogP contribution is 2.18. The van der Waals surface area contributed by atoms with Gasteiger partial charge in [0.1, 0.15) is 18.5 Å². The molecule has 0 aliphatic carbocycles. The number of hydrogen-bond donors (Lipinski definition) is 0. The highest BCUT2D eigenvalue weighted by atomic mass is 16.5. The van der Waals surface area contributed by atoms with Gasteiger partial charge in [-0.05, 0) is 30.5 Å². The van der Waals surface area contributed by atoms with Gasteiger partial charge in [-0.25, -0.2) is 4.98 Å². The molecular weight excluding hydrogens is 342 g/mol. The molecule has 1 atom stereocenters. The maximum Gasteiger partial charge on any atom is 0.254 e. The quantitative estimate of drug-likeness (QED) is 0.696. The van der Waals surface area contributed by atoms with Gasteiger partial charge in [-0.15, -0.1) is 10.2 Å². The third-order valence-electron chi connectivity index (χ3n) is 4.67. The van der Waals surface area contributed by atoms with Gasteiger partial charge in [-0.3, -0.25) is 9.36 Å². The van der Waals surface area contributed by atoms with E-state index in [9.17, 15) is 4.79 Å². The van der Waals surface area contributed by atoms with E-state index in [0.717, 1.165) is 24.9 Å². The average Bonchev–Trinajstić information content (AvgIpc) is 3.28. The highest BCUT2D eigenvalue weighted by molar-refractivity contribution is 5.94. The van der Waals surface area contributed by atoms with Crippen LogP contribution < -0.4 is 0 Å². The standard InChI is InChI=1S/C20H21N5O2/c26-20(17-8-9-21-19(11-17)25-14-22-23-15-25)24-10-4-7-18(12-24)27-13-16-5-2-1-3-6-16/h1-3,5-6,8-9,11,14-15,18H,4,7,10,12-13H2/t18-/m1/s1. The minimum absolute atomic E-state index is 0.000245. The second-order valence-corrected chi connectivity index (χ2v) is 6.58. The Balaban J connectivity index is 1.40. The number of pyridine rings is 1. The lowest BCUT2D eigenvalue weighted by atomic mass is 10.1. The summed E-state index contributed by atoms with van der Waals surface area (Å²) >= 11 is 0. The van der Waals surface area contributed by atoms with Crippen LogP contribution in [0.3, 0.4) is 0 Å². The highest BCUT2D eigenvalue weighted by Gasteiger charge is 2.25. The second-order valence-electron chi connectivity index (χ2n) is 6.58. The fraction of sp³-hybridized carbons (Fsp3) is 0.300. The molecule has 2 aromatic heterocycles. The Morgan fingerprint density at radius 2 is 1.96 bits per heavy atom. The number of aromatic nitrogens is 4. The van der Waals surface area contributed by atoms with Crippen LogP contribution in [0.25, 0.3) is 5.82 Å². The van der Waals surface area contributed by atoms with E-state index >= 15 is 0 Å². The van der Waals surface area contributed by atoms with Crippen molar-refractivity contribution in [3.63, 3.8) is 0 Å². The first-order valence-corrected chi connectivity index (χ1v) is 9.05. The number of ether oxygens (including phenoxy) is 1. The number of rotatable bonds is 5. The molecule has 0 bridgehead atoms. The summed E-state index contributed by atoms with van der Waals surface area (Å²) < 4.78 is 7.72. The van der Waals surface area contributed by atoms with Crippen LogP contribution in [0.5, 0.6) is 0 Å². The number of carbonyl (C=O) groups is 1. The first-order chi connectivity index (χ1) is 13.3. The maximum absolute atomic E-state index is 12.9. The molecule has 4 rings (SSSR count). The molecular formula is C20H21N5O2. The summed E-state index contributed by atoms with van der Waals surface area (Å²) in [5, 5.41) is 7.56. The summed E-state index contributed by atoms with van der Waals surface area (Å²) in [4.78, 5) is 19.1. The van der Waals surface area contributed by atoms with Gasteiger partial charge in [0, 0.05) is 24.8 Å². The molecule has 7 heteroatoms. The van der Waals surface area contributed by atoms with E-state index in [1.165, 1.54) is 0 Å². The molecule has 0 radical (unpaired) electrons. The van der Waals surface area contributed by atoms with Crippen LogP contribution in [-0.2, 0) is 11.3 Å². The number of hydrogen-bond acceptors (Lipinski definition) is 5. The predicted octanol–water partition coefficient (Wildman–Crippen LogP) is 2.48. The molecule has 3 heterocycles. The van der Waals surface area contributed by atoms with Crippen LogP contribution in [0.2, 0.25) is 0 Å². The largest absolute Gasteiger partial charge is 0.372 e. The molecule has 1 aliphatic rings. The molecule has 3 aromatic rings. The first kappa shape index (κ1) is 17.4. The van der Waals surface area contributed by atoms with Crippen molar-refractivity contribution < 1.29 is 9.53 Å². The molecule has 0 unspecified atom stereocenters. The topological polar surface area (TPSA) is 73.1 Å². The van der Waals surface area contributed by atoms with Crippen molar-refractivity contribution in [3.05, 3.63) is 72.4 Å². The summed E-state index contributed by atoms with van der Waals surface area (Å²) in [7, 11) is 0. The lowest BCUT2D eigenvalue weighted by molar-refractivity contribution is -0.00673. The molecule has 1 fully saturated rings. The Bertz CT molecular complexity index is 882. The molecule has 138 valence electrons. The van der Waals surface area contributed by atoms with Gasteiger partial charge < -0.3 is 9.64 Å². The monoisotopic (exact) mass is 363 g/mol. The maximum atomic E-state index is 12.9. The van der Waals surface area contributed by atoms with E-state index in [-0.39, 0.29) is 12.0 Å². The van der Waals surface area contributed by atoms with Gasteiger partial charge in [0.25, 0.3) is 5.91 Å². The van der Waals surface area contributed by atoms with Gasteiger partial charge in [0.05, 0.1) is 12.7 Å². The van der Waals surface area contributed by atoms with Crippen LogP contribution in [-0.4, -0.2) is 49.7 Å². The Morgan fingerprint density at radius 3 is 2.78 bits per heavy atom. The number of piperidine rings is 1. The van der Waals surface area contributed by atoms with Crippen LogP contribution >= 0.6 is 0 Å². The van der Waals surface area contributed by atoms with E-state index in [2.05, 4.69) is 27.3 Å². The summed E-state index contributed by atoms with van der Waals surface area (Å²) in [5.74, 6) is 0.625. The van der Waals surface area contributed by atoms with Crippen LogP contribution in [0.15, 0.2) is 61.3 Å². The molecule has 1 aliphatic heterocycles. The molecule has 1 saturated heterocycles. The van der Waals surface area contributed by atoms with Crippen molar-refractivity contribution >= 4 is 5.91 Å². The molecule has 1 amide bonds. The predicted molar refractivity (Wildman–Crippen MR) is 99.3 cm³/mol. The zero-order chi connectivity index (χ0) is 18.5. The average molecular weight is 363 g/mol. The fourth-order valence-electron chi connectivity index (χ4n) is 3.24. The van der Waals surface area contributed by atoms with E-state index in [1.54, 1.807) is 35.6 Å². The summed E-state index contributed by atoms with van der Waals surface area (Å²) in [6, 6.07) is 13.6. The molecule has 0 N–H and O–H groups in total. The van der Waals surface area contributed by atoms with Gasteiger partial charge in [-0.1, -0.05) is 30.3 Å². The molecule has 0 spiro atoms. The number of amides is 1. The van der Waals surface area contributed by atoms with Gasteiger partial charge in [0.15, 0.2) is 0 Å². The zero-order valence-electron chi connectivity index (χ0n) is 14.9.